The molecule has 0 aliphatic rings. The molecule has 0 spiro atoms. The number of carbonyl (C=O) groups is 1. The Hall–Kier alpha value is -2.96. The Kier molecular flexibility index (Phi) is 8.20. The van der Waals surface area contributed by atoms with Crippen LogP contribution in [0.4, 0.5) is 0 Å². The zero-order valence-corrected chi connectivity index (χ0v) is 22.7. The first-order valence-electron chi connectivity index (χ1n) is 10.4. The summed E-state index contributed by atoms with van der Waals surface area (Å²) in [4.78, 5) is 22.4. The van der Waals surface area contributed by atoms with E-state index in [4.69, 9.17) is 21.3 Å². The summed E-state index contributed by atoms with van der Waals surface area (Å²) >= 11 is 9.71. The van der Waals surface area contributed by atoms with Gasteiger partial charge in [-0.05, 0) is 48.5 Å². The first-order valence-corrected chi connectivity index (χ1v) is 14.2. The maximum Gasteiger partial charge on any atom is 0.697 e. The number of halogens is 2. The lowest BCUT2D eigenvalue weighted by atomic mass is 10.1. The molecule has 0 saturated heterocycles. The quantitative estimate of drug-likeness (QED) is 0.190. The van der Waals surface area contributed by atoms with Gasteiger partial charge in [-0.1, -0.05) is 62.4 Å². The van der Waals surface area contributed by atoms with Gasteiger partial charge < -0.3 is 5.32 Å². The normalized spacial score (nSPS) is 12.7. The minimum atomic E-state index is -3.91. The van der Waals surface area contributed by atoms with Crippen molar-refractivity contribution in [2.75, 3.05) is 0 Å². The molecule has 10 nitrogen and oxygen atoms in total. The summed E-state index contributed by atoms with van der Waals surface area (Å²) in [7, 11) is -6.95. The summed E-state index contributed by atoms with van der Waals surface area (Å²) in [6.07, 6.45) is -1.24. The van der Waals surface area contributed by atoms with E-state index >= 15 is 0 Å². The molecular weight excluding hydrogens is 607 g/mol. The third kappa shape index (κ3) is 6.49. The fourth-order valence-corrected chi connectivity index (χ4v) is 4.79. The Balaban J connectivity index is 1.75. The van der Waals surface area contributed by atoms with Crippen LogP contribution in [0.25, 0.3) is 16.9 Å². The zero-order valence-electron chi connectivity index (χ0n) is 18.7. The number of nitrogens with two attached hydrogens (primary N) is 1. The molecule has 190 valence electrons. The van der Waals surface area contributed by atoms with Crippen LogP contribution < -0.4 is 10.5 Å². The van der Waals surface area contributed by atoms with Gasteiger partial charge in [-0.3, -0.25) is 4.79 Å². The van der Waals surface area contributed by atoms with Crippen molar-refractivity contribution in [3.05, 3.63) is 99.6 Å². The molecule has 0 aliphatic carbocycles. The highest BCUT2D eigenvalue weighted by atomic mass is 79.9. The number of benzene rings is 3. The Morgan fingerprint density at radius 1 is 1.11 bits per heavy atom. The van der Waals surface area contributed by atoms with Crippen LogP contribution >= 0.6 is 35.8 Å². The van der Waals surface area contributed by atoms with E-state index in [0.717, 1.165) is 4.47 Å². The monoisotopic (exact) mass is 623 g/mol. The van der Waals surface area contributed by atoms with Crippen LogP contribution in [0.1, 0.15) is 22.3 Å². The van der Waals surface area contributed by atoms with Crippen molar-refractivity contribution in [1.29, 1.82) is 0 Å². The van der Waals surface area contributed by atoms with E-state index in [1.165, 1.54) is 35.0 Å². The van der Waals surface area contributed by atoms with Gasteiger partial charge >= 0.3 is 8.25 Å². The maximum atomic E-state index is 13.2. The Morgan fingerprint density at radius 3 is 2.35 bits per heavy atom. The van der Waals surface area contributed by atoms with Crippen molar-refractivity contribution in [1.82, 2.24) is 15.1 Å². The van der Waals surface area contributed by atoms with Gasteiger partial charge in [-0.25, -0.2) is 18.2 Å². The molecule has 2 unspecified atom stereocenters. The largest absolute Gasteiger partial charge is 0.697 e. The molecule has 0 saturated carbocycles. The number of primary sulfonamides is 1. The minimum Gasteiger partial charge on any atom is -0.317 e. The average molecular weight is 625 g/mol. The lowest BCUT2D eigenvalue weighted by Gasteiger charge is -2.12. The van der Waals surface area contributed by atoms with Gasteiger partial charge in [0.1, 0.15) is 0 Å². The van der Waals surface area contributed by atoms with Crippen LogP contribution in [0.15, 0.2) is 88.2 Å². The zero-order chi connectivity index (χ0) is 26.7. The Morgan fingerprint density at radius 2 is 1.76 bits per heavy atom. The van der Waals surface area contributed by atoms with Crippen LogP contribution in [-0.2, 0) is 19.1 Å². The second kappa shape index (κ2) is 11.2. The molecule has 0 fully saturated rings. The standard InChI is InChI=1S/C23H17BrClN4O6PS/c24-15-7-5-14(6-8-15)23(35-36(31)32)27-22(30)20-13-21(18-3-1-2-4-19(18)25)29(28-20)16-9-11-17(12-10-16)37(26,33)34/h1-13,23H,(H3-,26,27,30,31,32,33,34)/p+1. The summed E-state index contributed by atoms with van der Waals surface area (Å²) in [6.45, 7) is 0. The number of nitrogens with zero attached hydrogens (tertiary/aromatic N) is 2. The molecule has 4 rings (SSSR count). The van der Waals surface area contributed by atoms with Crippen LogP contribution in [0.3, 0.4) is 0 Å². The molecule has 0 aliphatic heterocycles. The van der Waals surface area contributed by atoms with E-state index in [2.05, 4.69) is 26.3 Å². The molecule has 37 heavy (non-hydrogen) atoms. The van der Waals surface area contributed by atoms with Gasteiger partial charge in [0.2, 0.25) is 16.3 Å². The first kappa shape index (κ1) is 27.1. The molecule has 2 atom stereocenters. The summed E-state index contributed by atoms with van der Waals surface area (Å²) in [5, 5.41) is 12.5. The third-order valence-corrected chi connectivity index (χ3v) is 7.31. The molecule has 3 aromatic carbocycles. The number of hydrogen-bond acceptors (Lipinski definition) is 6. The van der Waals surface area contributed by atoms with Crippen molar-refractivity contribution in [3.8, 4) is 16.9 Å². The van der Waals surface area contributed by atoms with Gasteiger partial charge in [-0.15, -0.1) is 4.89 Å². The summed E-state index contributed by atoms with van der Waals surface area (Å²) in [6, 6.07) is 20.6. The van der Waals surface area contributed by atoms with E-state index in [-0.39, 0.29) is 10.6 Å². The SMILES string of the molecule is NS(=O)(=O)c1ccc(-n2nc(C(=O)NC(O[P+](=O)O)c3ccc(Br)cc3)cc2-c2ccccc2Cl)cc1. The molecule has 1 aromatic heterocycles. The summed E-state index contributed by atoms with van der Waals surface area (Å²) in [5.41, 5.74) is 1.81. The van der Waals surface area contributed by atoms with Crippen LogP contribution in [0, 0.1) is 0 Å². The highest BCUT2D eigenvalue weighted by Gasteiger charge is 2.28. The number of nitrogens with one attached hydrogen (secondary N) is 1. The predicted molar refractivity (Wildman–Crippen MR) is 141 cm³/mol. The molecule has 0 radical (unpaired) electrons. The van der Waals surface area contributed by atoms with Crippen LogP contribution in [0.5, 0.6) is 0 Å². The maximum absolute atomic E-state index is 13.2. The fraction of sp³-hybridized carbons (Fsp3) is 0.0435. The van der Waals surface area contributed by atoms with Crippen molar-refractivity contribution in [2.24, 2.45) is 5.14 Å². The molecule has 1 amide bonds. The smallest absolute Gasteiger partial charge is 0.317 e. The topological polar surface area (TPSA) is 154 Å². The Labute approximate surface area is 226 Å². The van der Waals surface area contributed by atoms with Crippen LogP contribution in [0.2, 0.25) is 5.02 Å². The number of rotatable bonds is 8. The lowest BCUT2D eigenvalue weighted by molar-refractivity contribution is 0.0817. The van der Waals surface area contributed by atoms with E-state index in [1.807, 2.05) is 0 Å². The Bertz CT molecular complexity index is 1580. The average Bonchev–Trinajstić information content (AvgIpc) is 3.29. The number of aromatic nitrogens is 2. The highest BCUT2D eigenvalue weighted by molar-refractivity contribution is 9.10. The molecule has 1 heterocycles. The van der Waals surface area contributed by atoms with Gasteiger partial charge in [0, 0.05) is 25.2 Å². The van der Waals surface area contributed by atoms with Gasteiger partial charge in [0.15, 0.2) is 5.69 Å². The van der Waals surface area contributed by atoms with Crippen molar-refractivity contribution in [3.63, 3.8) is 0 Å². The highest BCUT2D eigenvalue weighted by Crippen LogP contribution is 2.32. The fourth-order valence-electron chi connectivity index (χ4n) is 3.42. The van der Waals surface area contributed by atoms with Crippen molar-refractivity contribution >= 4 is 51.7 Å². The molecule has 14 heteroatoms. The number of amides is 1. The van der Waals surface area contributed by atoms with Crippen molar-refractivity contribution < 1.29 is 27.2 Å². The van der Waals surface area contributed by atoms with E-state index in [1.54, 1.807) is 48.5 Å². The summed E-state index contributed by atoms with van der Waals surface area (Å²) < 4.78 is 41.9. The predicted octanol–water partition coefficient (Wildman–Crippen LogP) is 4.70. The van der Waals surface area contributed by atoms with Gasteiger partial charge in [0.05, 0.1) is 16.3 Å². The first-order chi connectivity index (χ1) is 17.5. The van der Waals surface area contributed by atoms with Gasteiger partial charge in [-0.2, -0.15) is 5.10 Å². The number of hydrogen-bond donors (Lipinski definition) is 3. The van der Waals surface area contributed by atoms with E-state index < -0.39 is 30.4 Å². The van der Waals surface area contributed by atoms with Gasteiger partial charge in [0.25, 0.3) is 5.91 Å². The second-order valence-electron chi connectivity index (χ2n) is 7.59. The molecule has 4 aromatic rings. The molecule has 4 N–H and O–H groups in total. The van der Waals surface area contributed by atoms with Crippen molar-refractivity contribution in [2.45, 2.75) is 11.1 Å². The number of sulfonamides is 1. The molecular formula is C23H18BrClN4O6PS+. The number of carbonyl (C=O) groups excluding carboxylic acids is 1. The van der Waals surface area contributed by atoms with Crippen LogP contribution in [-0.4, -0.2) is 29.0 Å². The lowest BCUT2D eigenvalue weighted by Crippen LogP contribution is -2.29. The molecule has 0 bridgehead atoms. The minimum absolute atomic E-state index is 0.0516. The summed E-state index contributed by atoms with van der Waals surface area (Å²) in [5.74, 6) is -0.696. The second-order valence-corrected chi connectivity index (χ2v) is 11.2. The van der Waals surface area contributed by atoms with E-state index in [0.29, 0.717) is 27.5 Å². The third-order valence-electron chi connectivity index (χ3n) is 5.13. The van der Waals surface area contributed by atoms with E-state index in [9.17, 15) is 22.7 Å².